The average Bonchev–Trinajstić information content (AvgIpc) is 2.61. The number of rotatable bonds is 8. The molecule has 0 spiro atoms. The van der Waals surface area contributed by atoms with Crippen LogP contribution in [0.3, 0.4) is 0 Å². The second-order valence-electron chi connectivity index (χ2n) is 5.23. The molecule has 2 aromatic rings. The zero-order valence-electron chi connectivity index (χ0n) is 13.9. The first-order valence-corrected chi connectivity index (χ1v) is 8.38. The summed E-state index contributed by atoms with van der Waals surface area (Å²) >= 11 is 5.79. The third-order valence-electron chi connectivity index (χ3n) is 3.28. The molecule has 0 saturated carbocycles. The molecule has 0 aliphatic heterocycles. The van der Waals surface area contributed by atoms with Crippen LogP contribution in [0.1, 0.15) is 30.1 Å². The number of amides is 2. The van der Waals surface area contributed by atoms with Crippen molar-refractivity contribution < 1.29 is 14.3 Å². The molecule has 1 heterocycles. The van der Waals surface area contributed by atoms with Gasteiger partial charge in [-0.05, 0) is 43.7 Å². The van der Waals surface area contributed by atoms with Gasteiger partial charge in [-0.25, -0.2) is 4.98 Å². The largest absolute Gasteiger partial charge is 0.478 e. The summed E-state index contributed by atoms with van der Waals surface area (Å²) in [7, 11) is 0. The first-order chi connectivity index (χ1) is 12.1. The van der Waals surface area contributed by atoms with E-state index >= 15 is 0 Å². The van der Waals surface area contributed by atoms with Crippen molar-refractivity contribution in [2.45, 2.75) is 19.8 Å². The maximum atomic E-state index is 12.1. The van der Waals surface area contributed by atoms with Crippen LogP contribution in [-0.2, 0) is 4.79 Å². The molecule has 1 aromatic heterocycles. The van der Waals surface area contributed by atoms with Crippen molar-refractivity contribution in [2.75, 3.05) is 18.5 Å². The maximum absolute atomic E-state index is 12.1. The number of benzene rings is 1. The van der Waals surface area contributed by atoms with Gasteiger partial charge in [0.25, 0.3) is 5.91 Å². The number of ether oxygens (including phenoxy) is 1. The summed E-state index contributed by atoms with van der Waals surface area (Å²) in [4.78, 5) is 27.9. The van der Waals surface area contributed by atoms with Gasteiger partial charge in [-0.15, -0.1) is 0 Å². The smallest absolute Gasteiger partial charge is 0.251 e. The maximum Gasteiger partial charge on any atom is 0.251 e. The summed E-state index contributed by atoms with van der Waals surface area (Å²) in [6.45, 7) is 2.74. The molecule has 0 bridgehead atoms. The molecule has 0 aliphatic rings. The van der Waals surface area contributed by atoms with Gasteiger partial charge < -0.3 is 15.4 Å². The highest BCUT2D eigenvalue weighted by atomic mass is 35.5. The van der Waals surface area contributed by atoms with Crippen molar-refractivity contribution in [3.8, 4) is 5.88 Å². The van der Waals surface area contributed by atoms with E-state index in [0.29, 0.717) is 48.1 Å². The highest BCUT2D eigenvalue weighted by Gasteiger charge is 2.08. The van der Waals surface area contributed by atoms with Crippen LogP contribution in [0, 0.1) is 0 Å². The Bertz CT molecular complexity index is 720. The van der Waals surface area contributed by atoms with E-state index in [1.807, 2.05) is 6.92 Å². The van der Waals surface area contributed by atoms with E-state index in [1.165, 1.54) is 6.20 Å². The minimum Gasteiger partial charge on any atom is -0.478 e. The second kappa shape index (κ2) is 9.64. The highest BCUT2D eigenvalue weighted by Crippen LogP contribution is 2.13. The van der Waals surface area contributed by atoms with Gasteiger partial charge in [-0.1, -0.05) is 11.6 Å². The summed E-state index contributed by atoms with van der Waals surface area (Å²) < 4.78 is 5.27. The van der Waals surface area contributed by atoms with Crippen molar-refractivity contribution in [1.29, 1.82) is 0 Å². The van der Waals surface area contributed by atoms with E-state index < -0.39 is 0 Å². The molecule has 0 saturated heterocycles. The van der Waals surface area contributed by atoms with Crippen LogP contribution in [0.15, 0.2) is 42.6 Å². The summed E-state index contributed by atoms with van der Waals surface area (Å²) in [5.41, 5.74) is 1.17. The Kier molecular flexibility index (Phi) is 7.22. The summed E-state index contributed by atoms with van der Waals surface area (Å²) in [6, 6.07) is 10.1. The molecule has 2 N–H and O–H groups in total. The zero-order valence-corrected chi connectivity index (χ0v) is 14.7. The fraction of sp³-hybridized carbons (Fsp3) is 0.278. The first-order valence-electron chi connectivity index (χ1n) is 8.01. The molecule has 132 valence electrons. The summed E-state index contributed by atoms with van der Waals surface area (Å²) in [5, 5.41) is 6.17. The van der Waals surface area contributed by atoms with Crippen molar-refractivity contribution in [3.63, 3.8) is 0 Å². The predicted molar refractivity (Wildman–Crippen MR) is 97.1 cm³/mol. The van der Waals surface area contributed by atoms with Gasteiger partial charge in [-0.2, -0.15) is 0 Å². The number of carbonyl (C=O) groups is 2. The number of carbonyl (C=O) groups excluding carboxylic acids is 2. The molecule has 0 unspecified atom stereocenters. The van der Waals surface area contributed by atoms with Gasteiger partial charge in [0, 0.05) is 41.5 Å². The quantitative estimate of drug-likeness (QED) is 0.707. The monoisotopic (exact) mass is 361 g/mol. The Hall–Kier alpha value is -2.60. The summed E-state index contributed by atoms with van der Waals surface area (Å²) in [6.07, 6.45) is 2.37. The fourth-order valence-corrected chi connectivity index (χ4v) is 2.21. The van der Waals surface area contributed by atoms with Gasteiger partial charge in [0.15, 0.2) is 0 Å². The van der Waals surface area contributed by atoms with Gasteiger partial charge >= 0.3 is 0 Å². The highest BCUT2D eigenvalue weighted by molar-refractivity contribution is 6.30. The van der Waals surface area contributed by atoms with Crippen molar-refractivity contribution in [1.82, 2.24) is 10.3 Å². The normalized spacial score (nSPS) is 10.2. The van der Waals surface area contributed by atoms with Crippen molar-refractivity contribution in [3.05, 3.63) is 53.2 Å². The Morgan fingerprint density at radius 2 is 1.96 bits per heavy atom. The summed E-state index contributed by atoms with van der Waals surface area (Å²) in [5.74, 6) is 0.0815. The lowest BCUT2D eigenvalue weighted by Crippen LogP contribution is -2.25. The first kappa shape index (κ1) is 18.7. The molecule has 0 aliphatic carbocycles. The number of nitrogens with zero attached hydrogens (tertiary/aromatic N) is 1. The minimum atomic E-state index is -0.221. The number of aromatic nitrogens is 1. The third-order valence-corrected chi connectivity index (χ3v) is 3.54. The molecule has 1 aromatic carbocycles. The SMILES string of the molecule is CCOc1cc(C(=O)NCCCC(=O)Nc2ccc(Cl)cc2)ccn1. The number of hydrogen-bond donors (Lipinski definition) is 2. The molecule has 0 fully saturated rings. The standard InChI is InChI=1S/C18H20ClN3O3/c1-2-25-17-12-13(9-11-20-17)18(24)21-10-3-4-16(23)22-15-7-5-14(19)6-8-15/h5-9,11-12H,2-4,10H2,1H3,(H,21,24)(H,22,23). The van der Waals surface area contributed by atoms with E-state index in [9.17, 15) is 9.59 Å². The van der Waals surface area contributed by atoms with E-state index in [0.717, 1.165) is 0 Å². The zero-order chi connectivity index (χ0) is 18.1. The molecular formula is C18H20ClN3O3. The van der Waals surface area contributed by atoms with E-state index in [4.69, 9.17) is 16.3 Å². The van der Waals surface area contributed by atoms with E-state index in [2.05, 4.69) is 15.6 Å². The number of hydrogen-bond acceptors (Lipinski definition) is 4. The third kappa shape index (κ3) is 6.43. The van der Waals surface area contributed by atoms with Crippen LogP contribution in [0.4, 0.5) is 5.69 Å². The van der Waals surface area contributed by atoms with Gasteiger partial charge in [-0.3, -0.25) is 9.59 Å². The molecule has 25 heavy (non-hydrogen) atoms. The predicted octanol–water partition coefficient (Wildman–Crippen LogP) is 3.28. The lowest BCUT2D eigenvalue weighted by atomic mass is 10.2. The van der Waals surface area contributed by atoms with Gasteiger partial charge in [0.2, 0.25) is 11.8 Å². The van der Waals surface area contributed by atoms with Crippen LogP contribution in [0.25, 0.3) is 0 Å². The van der Waals surface area contributed by atoms with Crippen LogP contribution < -0.4 is 15.4 Å². The Morgan fingerprint density at radius 3 is 2.68 bits per heavy atom. The fourth-order valence-electron chi connectivity index (χ4n) is 2.09. The van der Waals surface area contributed by atoms with Gasteiger partial charge in [0.05, 0.1) is 6.61 Å². The topological polar surface area (TPSA) is 80.3 Å². The Labute approximate surface area is 151 Å². The van der Waals surface area contributed by atoms with E-state index in [-0.39, 0.29) is 11.8 Å². The van der Waals surface area contributed by atoms with Crippen LogP contribution in [0.5, 0.6) is 5.88 Å². The Balaban J connectivity index is 1.71. The van der Waals surface area contributed by atoms with Crippen LogP contribution in [-0.4, -0.2) is 29.9 Å². The molecule has 7 heteroatoms. The molecule has 2 amide bonds. The molecule has 0 atom stereocenters. The van der Waals surface area contributed by atoms with Crippen molar-refractivity contribution in [2.24, 2.45) is 0 Å². The van der Waals surface area contributed by atoms with Gasteiger partial charge in [0.1, 0.15) is 0 Å². The van der Waals surface area contributed by atoms with E-state index in [1.54, 1.807) is 36.4 Å². The molecule has 2 rings (SSSR count). The number of nitrogens with one attached hydrogen (secondary N) is 2. The van der Waals surface area contributed by atoms with Crippen LogP contribution in [0.2, 0.25) is 5.02 Å². The number of pyridine rings is 1. The second-order valence-corrected chi connectivity index (χ2v) is 5.67. The Morgan fingerprint density at radius 1 is 1.20 bits per heavy atom. The number of anilines is 1. The number of halogens is 1. The lowest BCUT2D eigenvalue weighted by Gasteiger charge is -2.08. The molecule has 0 radical (unpaired) electrons. The molecule has 6 nitrogen and oxygen atoms in total. The lowest BCUT2D eigenvalue weighted by molar-refractivity contribution is -0.116. The van der Waals surface area contributed by atoms with Crippen molar-refractivity contribution >= 4 is 29.1 Å². The molecular weight excluding hydrogens is 342 g/mol. The van der Waals surface area contributed by atoms with Crippen LogP contribution >= 0.6 is 11.6 Å². The average molecular weight is 362 g/mol. The minimum absolute atomic E-state index is 0.112.